The highest BCUT2D eigenvalue weighted by molar-refractivity contribution is 5.26. The third-order valence-corrected chi connectivity index (χ3v) is 7.66. The van der Waals surface area contributed by atoms with E-state index in [-0.39, 0.29) is 12.2 Å². The third-order valence-electron chi connectivity index (χ3n) is 7.66. The van der Waals surface area contributed by atoms with Crippen molar-refractivity contribution in [1.82, 2.24) is 15.1 Å². The number of likely N-dealkylation sites (tertiary alicyclic amines) is 2. The van der Waals surface area contributed by atoms with Gasteiger partial charge in [-0.2, -0.15) is 0 Å². The Hall–Kier alpha value is -2.20. The molecule has 8 heteroatoms. The van der Waals surface area contributed by atoms with Crippen LogP contribution in [0.2, 0.25) is 0 Å². The summed E-state index contributed by atoms with van der Waals surface area (Å²) in [6, 6.07) is 16.4. The van der Waals surface area contributed by atoms with Crippen LogP contribution in [0.15, 0.2) is 48.5 Å². The van der Waals surface area contributed by atoms with Gasteiger partial charge >= 0.3 is 0 Å². The number of methoxy groups -OCH3 is 1. The first-order valence-corrected chi connectivity index (χ1v) is 15.3. The fourth-order valence-electron chi connectivity index (χ4n) is 5.07. The van der Waals surface area contributed by atoms with E-state index in [0.29, 0.717) is 6.10 Å². The standard InChI is InChI=1S/C15H23NO2.C14H21NO2.C4H9NO/c1-13-4-6-14(7-5-13)18-11-3-9-16-10-8-15(12-16)17-2;1-12-3-5-14(6-4-12)17-10-2-8-15-9-7-13(16)11-15;6-4-1-2-5-3-4/h4-7,15H,3,8-12H2,1-2H3;3-6,13,16H,2,7-11H2,1H3;4-6H,1-3H2. The quantitative estimate of drug-likeness (QED) is 0.353. The van der Waals surface area contributed by atoms with Crippen LogP contribution in [-0.4, -0.2) is 111 Å². The molecular formula is C33H53N3O5. The lowest BCUT2D eigenvalue weighted by Gasteiger charge is -2.15. The Balaban J connectivity index is 0.000000188. The van der Waals surface area contributed by atoms with Crippen LogP contribution in [-0.2, 0) is 4.74 Å². The van der Waals surface area contributed by atoms with Crippen LogP contribution in [0.3, 0.4) is 0 Å². The van der Waals surface area contributed by atoms with Crippen molar-refractivity contribution in [2.75, 3.05) is 72.7 Å². The summed E-state index contributed by atoms with van der Waals surface area (Å²) in [6.45, 7) is 13.7. The summed E-state index contributed by atoms with van der Waals surface area (Å²) < 4.78 is 16.7. The fourth-order valence-corrected chi connectivity index (χ4v) is 5.07. The predicted molar refractivity (Wildman–Crippen MR) is 165 cm³/mol. The van der Waals surface area contributed by atoms with E-state index in [1.165, 1.54) is 11.1 Å². The molecule has 0 spiro atoms. The largest absolute Gasteiger partial charge is 0.494 e. The third kappa shape index (κ3) is 14.0. The molecule has 2 aromatic carbocycles. The van der Waals surface area contributed by atoms with Crippen LogP contribution < -0.4 is 14.8 Å². The maximum atomic E-state index is 9.39. The highest BCUT2D eigenvalue weighted by atomic mass is 16.5. The minimum atomic E-state index is -0.118. The number of aryl methyl sites for hydroxylation is 2. The first-order chi connectivity index (χ1) is 19.9. The molecular weight excluding hydrogens is 518 g/mol. The number of ether oxygens (including phenoxy) is 3. The molecule has 230 valence electrons. The monoisotopic (exact) mass is 571 g/mol. The van der Waals surface area contributed by atoms with Crippen molar-refractivity contribution in [2.24, 2.45) is 0 Å². The van der Waals surface area contributed by atoms with E-state index in [1.807, 2.05) is 24.3 Å². The molecule has 0 aromatic heterocycles. The summed E-state index contributed by atoms with van der Waals surface area (Å²) in [5.41, 5.74) is 2.52. The molecule has 3 atom stereocenters. The Morgan fingerprint density at radius 1 is 0.732 bits per heavy atom. The summed E-state index contributed by atoms with van der Waals surface area (Å²) in [5, 5.41) is 21.1. The van der Waals surface area contributed by atoms with Crippen molar-refractivity contribution in [1.29, 1.82) is 0 Å². The van der Waals surface area contributed by atoms with Gasteiger partial charge in [-0.05, 0) is 76.8 Å². The van der Waals surface area contributed by atoms with Gasteiger partial charge in [0.05, 0.1) is 31.5 Å². The van der Waals surface area contributed by atoms with E-state index >= 15 is 0 Å². The molecule has 3 saturated heterocycles. The van der Waals surface area contributed by atoms with Gasteiger partial charge in [-0.1, -0.05) is 35.4 Å². The Morgan fingerprint density at radius 3 is 1.66 bits per heavy atom. The molecule has 3 N–H and O–H groups in total. The van der Waals surface area contributed by atoms with Crippen LogP contribution in [0.25, 0.3) is 0 Å². The zero-order chi connectivity index (χ0) is 29.3. The second-order valence-electron chi connectivity index (χ2n) is 11.4. The number of nitrogens with zero attached hydrogens (tertiary/aromatic N) is 2. The van der Waals surface area contributed by atoms with Crippen molar-refractivity contribution in [3.8, 4) is 11.5 Å². The molecule has 0 aliphatic carbocycles. The number of hydrogen-bond acceptors (Lipinski definition) is 8. The topological polar surface area (TPSA) is 86.7 Å². The summed E-state index contributed by atoms with van der Waals surface area (Å²) >= 11 is 0. The molecule has 41 heavy (non-hydrogen) atoms. The maximum Gasteiger partial charge on any atom is 0.119 e. The van der Waals surface area contributed by atoms with Crippen LogP contribution >= 0.6 is 0 Å². The first-order valence-electron chi connectivity index (χ1n) is 15.3. The lowest BCUT2D eigenvalue weighted by atomic mass is 10.2. The van der Waals surface area contributed by atoms with Gasteiger partial charge in [-0.3, -0.25) is 0 Å². The van der Waals surface area contributed by atoms with E-state index in [1.54, 1.807) is 7.11 Å². The number of rotatable bonds is 11. The van der Waals surface area contributed by atoms with Crippen molar-refractivity contribution in [3.05, 3.63) is 59.7 Å². The number of aliphatic hydroxyl groups is 2. The van der Waals surface area contributed by atoms with E-state index < -0.39 is 0 Å². The number of nitrogens with one attached hydrogen (secondary N) is 1. The molecule has 3 aliphatic rings. The van der Waals surface area contributed by atoms with Crippen molar-refractivity contribution >= 4 is 0 Å². The molecule has 0 radical (unpaired) electrons. The predicted octanol–water partition coefficient (Wildman–Crippen LogP) is 3.66. The Bertz CT molecular complexity index is 937. The maximum absolute atomic E-state index is 9.39. The summed E-state index contributed by atoms with van der Waals surface area (Å²) in [4.78, 5) is 4.75. The second kappa shape index (κ2) is 19.1. The molecule has 0 amide bonds. The van der Waals surface area contributed by atoms with Gasteiger partial charge in [-0.15, -0.1) is 0 Å². The molecule has 8 nitrogen and oxygen atoms in total. The van der Waals surface area contributed by atoms with E-state index in [9.17, 15) is 5.11 Å². The van der Waals surface area contributed by atoms with Gasteiger partial charge in [-0.25, -0.2) is 0 Å². The Kier molecular flexibility index (Phi) is 15.5. The van der Waals surface area contributed by atoms with Gasteiger partial charge < -0.3 is 39.5 Å². The molecule has 2 aromatic rings. The number of aliphatic hydroxyl groups excluding tert-OH is 2. The second-order valence-corrected chi connectivity index (χ2v) is 11.4. The van der Waals surface area contributed by atoms with Crippen LogP contribution in [0.5, 0.6) is 11.5 Å². The smallest absolute Gasteiger partial charge is 0.119 e. The van der Waals surface area contributed by atoms with Crippen LogP contribution in [0.1, 0.15) is 43.2 Å². The van der Waals surface area contributed by atoms with E-state index in [2.05, 4.69) is 53.2 Å². The van der Waals surface area contributed by atoms with Gasteiger partial charge in [0.25, 0.3) is 0 Å². The number of hydrogen-bond donors (Lipinski definition) is 3. The van der Waals surface area contributed by atoms with Gasteiger partial charge in [0, 0.05) is 52.9 Å². The van der Waals surface area contributed by atoms with Crippen LogP contribution in [0.4, 0.5) is 0 Å². The molecule has 5 rings (SSSR count). The summed E-state index contributed by atoms with van der Waals surface area (Å²) in [7, 11) is 1.80. The molecule has 0 bridgehead atoms. The number of β-amino-alcohol motifs (C(OH)–C–C–N with tert-alkyl or cyclic N) is 2. The van der Waals surface area contributed by atoms with Gasteiger partial charge in [0.15, 0.2) is 0 Å². The first kappa shape index (κ1) is 33.3. The van der Waals surface area contributed by atoms with Gasteiger partial charge in [0.1, 0.15) is 11.5 Å². The lowest BCUT2D eigenvalue weighted by Crippen LogP contribution is -2.25. The Morgan fingerprint density at radius 2 is 1.27 bits per heavy atom. The zero-order valence-corrected chi connectivity index (χ0v) is 25.5. The lowest BCUT2D eigenvalue weighted by molar-refractivity contribution is 0.107. The summed E-state index contributed by atoms with van der Waals surface area (Å²) in [5.74, 6) is 1.91. The SMILES string of the molecule is COC1CCN(CCCOc2ccc(C)cc2)C1.Cc1ccc(OCCCN2CCC(O)C2)cc1.OC1CCNC1. The Labute approximate surface area is 247 Å². The fraction of sp³-hybridized carbons (Fsp3) is 0.636. The minimum Gasteiger partial charge on any atom is -0.494 e. The van der Waals surface area contributed by atoms with Crippen LogP contribution in [0, 0.1) is 13.8 Å². The molecule has 3 unspecified atom stereocenters. The summed E-state index contributed by atoms with van der Waals surface area (Å²) in [6.07, 6.45) is 5.35. The number of benzene rings is 2. The minimum absolute atomic E-state index is 0.0648. The normalized spacial score (nSPS) is 22.5. The highest BCUT2D eigenvalue weighted by Gasteiger charge is 2.21. The molecule has 3 aliphatic heterocycles. The van der Waals surface area contributed by atoms with Crippen molar-refractivity contribution < 1.29 is 24.4 Å². The average molecular weight is 572 g/mol. The van der Waals surface area contributed by atoms with Crippen molar-refractivity contribution in [3.63, 3.8) is 0 Å². The van der Waals surface area contributed by atoms with Gasteiger partial charge in [0.2, 0.25) is 0 Å². The average Bonchev–Trinajstić information content (AvgIpc) is 3.75. The van der Waals surface area contributed by atoms with E-state index in [4.69, 9.17) is 19.3 Å². The molecule has 3 fully saturated rings. The van der Waals surface area contributed by atoms with E-state index in [0.717, 1.165) is 109 Å². The van der Waals surface area contributed by atoms with Crippen molar-refractivity contribution in [2.45, 2.75) is 64.3 Å². The molecule has 0 saturated carbocycles. The molecule has 3 heterocycles. The highest BCUT2D eigenvalue weighted by Crippen LogP contribution is 2.15. The zero-order valence-electron chi connectivity index (χ0n) is 25.5.